The van der Waals surface area contributed by atoms with Gasteiger partial charge in [-0.3, -0.25) is 0 Å². The molecule has 2 rings (SSSR count). The third-order valence-corrected chi connectivity index (χ3v) is 4.42. The van der Waals surface area contributed by atoms with E-state index in [4.69, 9.17) is 11.6 Å². The number of benzene rings is 1. The quantitative estimate of drug-likeness (QED) is 0.879. The Morgan fingerprint density at radius 1 is 1.50 bits per heavy atom. The Kier molecular flexibility index (Phi) is 4.25. The Morgan fingerprint density at radius 2 is 2.22 bits per heavy atom. The van der Waals surface area contributed by atoms with Gasteiger partial charge in [-0.05, 0) is 54.4 Å². The number of nitrogens with one attached hydrogen (secondary N) is 1. The zero-order valence-electron chi connectivity index (χ0n) is 11.1. The average molecular weight is 332 g/mol. The van der Waals surface area contributed by atoms with Crippen LogP contribution in [0.15, 0.2) is 22.7 Å². The summed E-state index contributed by atoms with van der Waals surface area (Å²) < 4.78 is 1.11. The number of nitrogens with zero attached hydrogens (tertiary/aromatic N) is 1. The molecule has 100 valence electrons. The van der Waals surface area contributed by atoms with E-state index < -0.39 is 0 Å². The Morgan fingerprint density at radius 3 is 2.89 bits per heavy atom. The van der Waals surface area contributed by atoms with Crippen molar-refractivity contribution in [2.24, 2.45) is 0 Å². The SMILES string of the molecule is CCC1CNC(C)(C)CN1c1cc(Cl)ccc1Br. The van der Waals surface area contributed by atoms with E-state index in [-0.39, 0.29) is 5.54 Å². The summed E-state index contributed by atoms with van der Waals surface area (Å²) >= 11 is 9.77. The molecule has 1 aromatic carbocycles. The predicted octanol–water partition coefficient (Wildman–Crippen LogP) is 4.07. The van der Waals surface area contributed by atoms with Crippen molar-refractivity contribution in [1.29, 1.82) is 0 Å². The average Bonchev–Trinajstić information content (AvgIpc) is 2.31. The highest BCUT2D eigenvalue weighted by atomic mass is 79.9. The van der Waals surface area contributed by atoms with Crippen molar-refractivity contribution in [2.75, 3.05) is 18.0 Å². The fraction of sp³-hybridized carbons (Fsp3) is 0.571. The van der Waals surface area contributed by atoms with Crippen LogP contribution < -0.4 is 10.2 Å². The highest BCUT2D eigenvalue weighted by Gasteiger charge is 2.32. The number of hydrogen-bond acceptors (Lipinski definition) is 2. The molecule has 18 heavy (non-hydrogen) atoms. The van der Waals surface area contributed by atoms with Gasteiger partial charge in [0, 0.05) is 34.2 Å². The molecule has 2 nitrogen and oxygen atoms in total. The molecule has 1 atom stereocenters. The van der Waals surface area contributed by atoms with Crippen LogP contribution in [0.2, 0.25) is 5.02 Å². The molecule has 0 amide bonds. The van der Waals surface area contributed by atoms with Gasteiger partial charge in [0.05, 0.1) is 5.69 Å². The number of halogens is 2. The molecule has 4 heteroatoms. The summed E-state index contributed by atoms with van der Waals surface area (Å²) in [4.78, 5) is 2.46. The largest absolute Gasteiger partial charge is 0.364 e. The highest BCUT2D eigenvalue weighted by Crippen LogP contribution is 2.33. The molecule has 1 unspecified atom stereocenters. The molecule has 0 bridgehead atoms. The lowest BCUT2D eigenvalue weighted by Crippen LogP contribution is -2.61. The van der Waals surface area contributed by atoms with Crippen molar-refractivity contribution in [3.05, 3.63) is 27.7 Å². The smallest absolute Gasteiger partial charge is 0.0529 e. The number of hydrogen-bond donors (Lipinski definition) is 1. The Hall–Kier alpha value is -0.250. The first kappa shape index (κ1) is 14.2. The van der Waals surface area contributed by atoms with Gasteiger partial charge in [0.2, 0.25) is 0 Å². The minimum absolute atomic E-state index is 0.132. The second-order valence-electron chi connectivity index (χ2n) is 5.55. The summed E-state index contributed by atoms with van der Waals surface area (Å²) in [7, 11) is 0. The minimum atomic E-state index is 0.132. The maximum absolute atomic E-state index is 6.13. The highest BCUT2D eigenvalue weighted by molar-refractivity contribution is 9.10. The van der Waals surface area contributed by atoms with E-state index in [9.17, 15) is 0 Å². The van der Waals surface area contributed by atoms with E-state index in [0.29, 0.717) is 6.04 Å². The van der Waals surface area contributed by atoms with E-state index in [1.54, 1.807) is 0 Å². The lowest BCUT2D eigenvalue weighted by molar-refractivity contribution is 0.306. The first-order valence-corrected chi connectivity index (χ1v) is 7.57. The third kappa shape index (κ3) is 3.01. The van der Waals surface area contributed by atoms with Gasteiger partial charge in [-0.1, -0.05) is 18.5 Å². The summed E-state index contributed by atoms with van der Waals surface area (Å²) in [5.41, 5.74) is 1.33. The fourth-order valence-corrected chi connectivity index (χ4v) is 3.11. The number of anilines is 1. The zero-order chi connectivity index (χ0) is 13.3. The normalized spacial score (nSPS) is 23.2. The summed E-state index contributed by atoms with van der Waals surface area (Å²) in [6, 6.07) is 6.52. The summed E-state index contributed by atoms with van der Waals surface area (Å²) in [6.45, 7) is 8.72. The second kappa shape index (κ2) is 5.40. The molecule has 1 aromatic rings. The van der Waals surface area contributed by atoms with E-state index in [1.807, 2.05) is 12.1 Å². The van der Waals surface area contributed by atoms with Crippen molar-refractivity contribution in [3.8, 4) is 0 Å². The van der Waals surface area contributed by atoms with Crippen LogP contribution >= 0.6 is 27.5 Å². The third-order valence-electron chi connectivity index (χ3n) is 3.51. The topological polar surface area (TPSA) is 15.3 Å². The van der Waals surface area contributed by atoms with Crippen LogP contribution in [-0.2, 0) is 0 Å². The molecule has 1 aliphatic rings. The van der Waals surface area contributed by atoms with E-state index in [2.05, 4.69) is 53.0 Å². The summed E-state index contributed by atoms with van der Waals surface area (Å²) in [5, 5.41) is 4.39. The molecular formula is C14H20BrClN2. The van der Waals surface area contributed by atoms with Gasteiger partial charge < -0.3 is 10.2 Å². The van der Waals surface area contributed by atoms with Crippen molar-refractivity contribution in [1.82, 2.24) is 5.32 Å². The monoisotopic (exact) mass is 330 g/mol. The summed E-state index contributed by atoms with van der Waals surface area (Å²) in [6.07, 6.45) is 1.13. The second-order valence-corrected chi connectivity index (χ2v) is 6.84. The van der Waals surface area contributed by atoms with Crippen LogP contribution in [0.25, 0.3) is 0 Å². The molecule has 0 radical (unpaired) electrons. The van der Waals surface area contributed by atoms with Gasteiger partial charge in [-0.25, -0.2) is 0 Å². The molecule has 0 aliphatic carbocycles. The fourth-order valence-electron chi connectivity index (χ4n) is 2.47. The van der Waals surface area contributed by atoms with Gasteiger partial charge in [0.1, 0.15) is 0 Å². The molecule has 1 saturated heterocycles. The molecule has 0 aromatic heterocycles. The van der Waals surface area contributed by atoms with Crippen LogP contribution in [0.5, 0.6) is 0 Å². The van der Waals surface area contributed by atoms with Crippen LogP contribution in [-0.4, -0.2) is 24.7 Å². The van der Waals surface area contributed by atoms with Crippen molar-refractivity contribution < 1.29 is 0 Å². The van der Waals surface area contributed by atoms with Gasteiger partial charge in [0.25, 0.3) is 0 Å². The van der Waals surface area contributed by atoms with Crippen LogP contribution in [0.3, 0.4) is 0 Å². The zero-order valence-corrected chi connectivity index (χ0v) is 13.5. The standard InChI is InChI=1S/C14H20BrClN2/c1-4-11-8-17-14(2,3)9-18(11)13-7-10(16)5-6-12(13)15/h5-7,11,17H,4,8-9H2,1-3H3. The predicted molar refractivity (Wildman–Crippen MR) is 82.7 cm³/mol. The van der Waals surface area contributed by atoms with Crippen molar-refractivity contribution in [3.63, 3.8) is 0 Å². The van der Waals surface area contributed by atoms with Gasteiger partial charge in [-0.15, -0.1) is 0 Å². The van der Waals surface area contributed by atoms with Crippen LogP contribution in [0, 0.1) is 0 Å². The van der Waals surface area contributed by atoms with Crippen LogP contribution in [0.4, 0.5) is 5.69 Å². The number of piperazine rings is 1. The lowest BCUT2D eigenvalue weighted by atomic mass is 9.97. The minimum Gasteiger partial charge on any atom is -0.364 e. The first-order chi connectivity index (χ1) is 8.43. The molecular weight excluding hydrogens is 312 g/mol. The molecule has 1 N–H and O–H groups in total. The van der Waals surface area contributed by atoms with E-state index in [0.717, 1.165) is 29.0 Å². The van der Waals surface area contributed by atoms with Gasteiger partial charge in [-0.2, -0.15) is 0 Å². The Bertz CT molecular complexity index is 434. The van der Waals surface area contributed by atoms with Crippen molar-refractivity contribution >= 4 is 33.2 Å². The molecule has 1 fully saturated rings. The van der Waals surface area contributed by atoms with Crippen LogP contribution in [0.1, 0.15) is 27.2 Å². The lowest BCUT2D eigenvalue weighted by Gasteiger charge is -2.46. The number of rotatable bonds is 2. The first-order valence-electron chi connectivity index (χ1n) is 6.39. The summed E-state index contributed by atoms with van der Waals surface area (Å²) in [5.74, 6) is 0. The Labute approximate surface area is 123 Å². The van der Waals surface area contributed by atoms with Gasteiger partial charge >= 0.3 is 0 Å². The van der Waals surface area contributed by atoms with Crippen molar-refractivity contribution in [2.45, 2.75) is 38.8 Å². The van der Waals surface area contributed by atoms with Gasteiger partial charge in [0.15, 0.2) is 0 Å². The molecule has 0 saturated carbocycles. The Balaban J connectivity index is 2.35. The van der Waals surface area contributed by atoms with E-state index in [1.165, 1.54) is 5.69 Å². The maximum atomic E-state index is 6.13. The molecule has 1 aliphatic heterocycles. The molecule has 1 heterocycles. The maximum Gasteiger partial charge on any atom is 0.0529 e. The molecule has 0 spiro atoms. The van der Waals surface area contributed by atoms with E-state index >= 15 is 0 Å².